The largest absolute Gasteiger partial charge is 0.366 e. The number of halogens is 2. The first-order valence-electron chi connectivity index (χ1n) is 4.70. The zero-order chi connectivity index (χ0) is 11.2. The summed E-state index contributed by atoms with van der Waals surface area (Å²) in [5, 5.41) is 0. The summed E-state index contributed by atoms with van der Waals surface area (Å²) in [5.74, 6) is 0. The number of rotatable bonds is 7. The molecule has 14 heavy (non-hydrogen) atoms. The van der Waals surface area contributed by atoms with Crippen LogP contribution in [0, 0.1) is 0 Å². The first-order valence-corrected chi connectivity index (χ1v) is 7.00. The Kier molecular flexibility index (Phi) is 6.67. The normalized spacial score (nSPS) is 13.2. The number of hydrogen-bond acceptors (Lipinski definition) is 3. The molecule has 0 aliphatic rings. The molecule has 0 aromatic heterocycles. The van der Waals surface area contributed by atoms with Crippen LogP contribution in [0.25, 0.3) is 0 Å². The predicted molar refractivity (Wildman–Crippen MR) is 60.2 cm³/mol. The van der Waals surface area contributed by atoms with Crippen molar-refractivity contribution in [3.05, 3.63) is 0 Å². The number of alkyl halides is 2. The molecule has 0 saturated heterocycles. The lowest BCUT2D eigenvalue weighted by atomic mass is 10.4. The molecule has 6 heteroatoms. The Hall–Kier alpha value is 0.730. The first-order chi connectivity index (χ1) is 6.43. The lowest BCUT2D eigenvalue weighted by molar-refractivity contribution is 0.213. The fraction of sp³-hybridized carbons (Fsp3) is 1.00. The molecule has 0 N–H and O–H groups in total. The van der Waals surface area contributed by atoms with Gasteiger partial charge in [0.25, 0.3) is 0 Å². The topological polar surface area (TPSA) is 35.5 Å². The van der Waals surface area contributed by atoms with E-state index in [4.69, 9.17) is 32.2 Å². The van der Waals surface area contributed by atoms with Gasteiger partial charge in [0.05, 0.1) is 13.2 Å². The van der Waals surface area contributed by atoms with E-state index in [1.165, 1.54) is 0 Å². The first kappa shape index (κ1) is 14.7. The third-order valence-electron chi connectivity index (χ3n) is 1.55. The molecule has 0 aliphatic heterocycles. The average Bonchev–Trinajstić information content (AvgIpc) is 2.04. The van der Waals surface area contributed by atoms with Gasteiger partial charge < -0.3 is 9.05 Å². The lowest BCUT2D eigenvalue weighted by Gasteiger charge is -2.28. The van der Waals surface area contributed by atoms with Crippen molar-refractivity contribution in [3.63, 3.8) is 0 Å². The molecule has 0 rings (SSSR count). The van der Waals surface area contributed by atoms with Crippen molar-refractivity contribution >= 4 is 30.8 Å². The molecule has 0 heterocycles. The van der Waals surface area contributed by atoms with Gasteiger partial charge in [0.2, 0.25) is 4.07 Å². The Morgan fingerprint density at radius 1 is 1.14 bits per heavy atom. The van der Waals surface area contributed by atoms with Crippen LogP contribution in [0.3, 0.4) is 0 Å². The van der Waals surface area contributed by atoms with Crippen molar-refractivity contribution in [1.82, 2.24) is 0 Å². The zero-order valence-corrected chi connectivity index (χ0v) is 11.2. The Morgan fingerprint density at radius 3 is 1.86 bits per heavy atom. The Bertz CT molecular complexity index is 199. The lowest BCUT2D eigenvalue weighted by Crippen LogP contribution is -2.17. The van der Waals surface area contributed by atoms with E-state index < -0.39 is 11.7 Å². The molecule has 0 saturated carbocycles. The van der Waals surface area contributed by atoms with Crippen LogP contribution in [0.4, 0.5) is 0 Å². The molecule has 86 valence electrons. The quantitative estimate of drug-likeness (QED) is 0.510. The monoisotopic (exact) mass is 262 g/mol. The molecule has 0 unspecified atom stereocenters. The summed E-state index contributed by atoms with van der Waals surface area (Å²) in [5.41, 5.74) is 0. The minimum atomic E-state index is -3.41. The Labute approximate surface area is 95.6 Å². The molecule has 0 atom stereocenters. The van der Waals surface area contributed by atoms with Gasteiger partial charge in [-0.05, 0) is 20.3 Å². The summed E-state index contributed by atoms with van der Waals surface area (Å²) < 4.78 is 20.8. The van der Waals surface area contributed by atoms with E-state index in [0.29, 0.717) is 6.42 Å². The number of hydrogen-bond donors (Lipinski definition) is 0. The summed E-state index contributed by atoms with van der Waals surface area (Å²) in [7, 11) is -3.41. The SMILES string of the molecule is CCCC(Cl)(Cl)P(=O)(OCC)OCC. The maximum atomic E-state index is 12.1. The van der Waals surface area contributed by atoms with Gasteiger partial charge in [0.15, 0.2) is 0 Å². The predicted octanol–water partition coefficient (Wildman–Crippen LogP) is 4.18. The van der Waals surface area contributed by atoms with Crippen LogP contribution in [0.5, 0.6) is 0 Å². The zero-order valence-electron chi connectivity index (χ0n) is 8.76. The Balaban J connectivity index is 4.69. The fourth-order valence-electron chi connectivity index (χ4n) is 1.00. The Morgan fingerprint density at radius 2 is 1.57 bits per heavy atom. The van der Waals surface area contributed by atoms with Gasteiger partial charge in [0.1, 0.15) is 0 Å². The molecule has 0 spiro atoms. The summed E-state index contributed by atoms with van der Waals surface area (Å²) in [6.45, 7) is 5.88. The van der Waals surface area contributed by atoms with Gasteiger partial charge in [-0.2, -0.15) is 0 Å². The van der Waals surface area contributed by atoms with E-state index in [9.17, 15) is 4.57 Å². The van der Waals surface area contributed by atoms with E-state index in [2.05, 4.69) is 0 Å². The molecule has 3 nitrogen and oxygen atoms in total. The van der Waals surface area contributed by atoms with Crippen molar-refractivity contribution in [2.45, 2.75) is 37.7 Å². The molecule has 0 aromatic carbocycles. The van der Waals surface area contributed by atoms with Crippen LogP contribution in [-0.4, -0.2) is 17.3 Å². The van der Waals surface area contributed by atoms with Crippen molar-refractivity contribution in [2.24, 2.45) is 0 Å². The third-order valence-corrected chi connectivity index (χ3v) is 5.39. The standard InChI is InChI=1S/C8H17Cl2O3P/c1-4-7-8(9,10)14(11,12-5-2)13-6-3/h4-7H2,1-3H3. The van der Waals surface area contributed by atoms with Gasteiger partial charge in [0, 0.05) is 0 Å². The highest BCUT2D eigenvalue weighted by molar-refractivity contribution is 7.60. The van der Waals surface area contributed by atoms with Crippen LogP contribution >= 0.6 is 30.8 Å². The second kappa shape index (κ2) is 6.34. The van der Waals surface area contributed by atoms with Crippen LogP contribution in [-0.2, 0) is 13.6 Å². The van der Waals surface area contributed by atoms with Crippen LogP contribution in [0.15, 0.2) is 0 Å². The van der Waals surface area contributed by atoms with Crippen molar-refractivity contribution in [3.8, 4) is 0 Å². The fourth-order valence-corrected chi connectivity index (χ4v) is 3.60. The van der Waals surface area contributed by atoms with Crippen LogP contribution < -0.4 is 0 Å². The van der Waals surface area contributed by atoms with Gasteiger partial charge in [-0.3, -0.25) is 4.57 Å². The molecule has 0 aromatic rings. The van der Waals surface area contributed by atoms with Crippen LogP contribution in [0.2, 0.25) is 0 Å². The molecule has 0 amide bonds. The molecular weight excluding hydrogens is 246 g/mol. The van der Waals surface area contributed by atoms with E-state index in [1.54, 1.807) is 13.8 Å². The van der Waals surface area contributed by atoms with Gasteiger partial charge in [-0.25, -0.2) is 0 Å². The second-order valence-electron chi connectivity index (χ2n) is 2.75. The van der Waals surface area contributed by atoms with Crippen LogP contribution in [0.1, 0.15) is 33.6 Å². The highest BCUT2D eigenvalue weighted by Crippen LogP contribution is 2.66. The minimum absolute atomic E-state index is 0.266. The smallest absolute Gasteiger partial charge is 0.307 e. The third kappa shape index (κ3) is 3.71. The van der Waals surface area contributed by atoms with Crippen molar-refractivity contribution in [2.75, 3.05) is 13.2 Å². The van der Waals surface area contributed by atoms with E-state index >= 15 is 0 Å². The molecule has 0 fully saturated rings. The molecule has 0 aliphatic carbocycles. The van der Waals surface area contributed by atoms with E-state index in [-0.39, 0.29) is 13.2 Å². The molecular formula is C8H17Cl2O3P. The second-order valence-corrected chi connectivity index (χ2v) is 7.03. The maximum absolute atomic E-state index is 12.1. The summed E-state index contributed by atoms with van der Waals surface area (Å²) >= 11 is 11.9. The van der Waals surface area contributed by atoms with E-state index in [0.717, 1.165) is 6.42 Å². The van der Waals surface area contributed by atoms with Gasteiger partial charge in [-0.15, -0.1) is 0 Å². The highest BCUT2D eigenvalue weighted by atomic mass is 35.5. The summed E-state index contributed by atoms with van der Waals surface area (Å²) in [6, 6.07) is 0. The van der Waals surface area contributed by atoms with Crippen molar-refractivity contribution < 1.29 is 13.6 Å². The van der Waals surface area contributed by atoms with Gasteiger partial charge >= 0.3 is 7.60 Å². The maximum Gasteiger partial charge on any atom is 0.366 e. The minimum Gasteiger partial charge on any atom is -0.307 e. The molecule has 0 bridgehead atoms. The summed E-state index contributed by atoms with van der Waals surface area (Å²) in [4.78, 5) is 0. The van der Waals surface area contributed by atoms with Crippen molar-refractivity contribution in [1.29, 1.82) is 0 Å². The highest BCUT2D eigenvalue weighted by Gasteiger charge is 2.47. The summed E-state index contributed by atoms with van der Waals surface area (Å²) in [6.07, 6.45) is 1.10. The van der Waals surface area contributed by atoms with Gasteiger partial charge in [-0.1, -0.05) is 36.5 Å². The van der Waals surface area contributed by atoms with E-state index in [1.807, 2.05) is 6.92 Å². The molecule has 0 radical (unpaired) electrons. The average molecular weight is 263 g/mol.